The molecular formula is C32H42N4O4S. The first kappa shape index (κ1) is 31.8. The quantitative estimate of drug-likeness (QED) is 0.326. The maximum atomic E-state index is 14.3. The van der Waals surface area contributed by atoms with E-state index in [4.69, 9.17) is 0 Å². The molecule has 0 aliphatic rings. The molecule has 3 rings (SSSR count). The number of carbonyl (C=O) groups is 2. The van der Waals surface area contributed by atoms with Gasteiger partial charge >= 0.3 is 10.2 Å². The van der Waals surface area contributed by atoms with Gasteiger partial charge in [-0.3, -0.25) is 9.59 Å². The van der Waals surface area contributed by atoms with Crippen LogP contribution in [0.15, 0.2) is 72.8 Å². The maximum Gasteiger partial charge on any atom is 0.304 e. The first-order valence-corrected chi connectivity index (χ1v) is 15.3. The number of benzene rings is 3. The number of nitrogens with one attached hydrogen (secondary N) is 1. The van der Waals surface area contributed by atoms with Crippen molar-refractivity contribution >= 4 is 27.7 Å². The van der Waals surface area contributed by atoms with Crippen LogP contribution in [0.25, 0.3) is 0 Å². The molecule has 8 nitrogen and oxygen atoms in total. The molecule has 3 aromatic rings. The molecule has 1 unspecified atom stereocenters. The second kappa shape index (κ2) is 14.3. The fraction of sp³-hybridized carbons (Fsp3) is 0.375. The van der Waals surface area contributed by atoms with Crippen molar-refractivity contribution in [3.05, 3.63) is 101 Å². The van der Waals surface area contributed by atoms with Gasteiger partial charge in [0.2, 0.25) is 11.8 Å². The minimum absolute atomic E-state index is 0.152. The summed E-state index contributed by atoms with van der Waals surface area (Å²) in [5.41, 5.74) is 4.84. The van der Waals surface area contributed by atoms with Crippen molar-refractivity contribution in [2.45, 2.75) is 53.1 Å². The maximum absolute atomic E-state index is 14.3. The molecule has 0 fully saturated rings. The second-order valence-corrected chi connectivity index (χ2v) is 12.7. The summed E-state index contributed by atoms with van der Waals surface area (Å²) in [6.45, 7) is 7.82. The minimum atomic E-state index is -4.04. The van der Waals surface area contributed by atoms with Gasteiger partial charge in [-0.2, -0.15) is 12.7 Å². The summed E-state index contributed by atoms with van der Waals surface area (Å²) in [7, 11) is -1.15. The van der Waals surface area contributed by atoms with E-state index in [1.807, 2.05) is 94.4 Å². The second-order valence-electron chi connectivity index (χ2n) is 10.6. The number of hydrogen-bond donors (Lipinski definition) is 1. The lowest BCUT2D eigenvalue weighted by molar-refractivity contribution is -0.140. The predicted molar refractivity (Wildman–Crippen MR) is 165 cm³/mol. The van der Waals surface area contributed by atoms with Gasteiger partial charge in [-0.15, -0.1) is 0 Å². The lowest BCUT2D eigenvalue weighted by Crippen LogP contribution is -2.54. The van der Waals surface area contributed by atoms with E-state index in [0.717, 1.165) is 42.8 Å². The van der Waals surface area contributed by atoms with Gasteiger partial charge in [0.15, 0.2) is 0 Å². The SMILES string of the molecule is CCCNC(=O)C(Cc1ccccc1)N(Cc1ccc(C)cc1)C(=O)CN(c1cc(C)ccc1C)S(=O)(=O)N(C)C. The van der Waals surface area contributed by atoms with Gasteiger partial charge in [-0.25, -0.2) is 4.31 Å². The zero-order valence-corrected chi connectivity index (χ0v) is 25.7. The summed E-state index contributed by atoms with van der Waals surface area (Å²) in [6.07, 6.45) is 1.04. The Labute approximate surface area is 245 Å². The van der Waals surface area contributed by atoms with E-state index in [2.05, 4.69) is 5.32 Å². The standard InChI is InChI=1S/C32H42N4O4S/c1-7-19-33-32(38)30(21-27-11-9-8-10-12-27)35(22-28-17-14-24(2)15-18-28)31(37)23-36(41(39,40)34(5)6)29-20-25(3)13-16-26(29)4/h8-18,20,30H,7,19,21-23H2,1-6H3,(H,33,38). The van der Waals surface area contributed by atoms with Gasteiger partial charge in [0, 0.05) is 33.6 Å². The van der Waals surface area contributed by atoms with Crippen LogP contribution in [-0.4, -0.2) is 62.7 Å². The molecule has 220 valence electrons. The van der Waals surface area contributed by atoms with Gasteiger partial charge in [-0.1, -0.05) is 79.2 Å². The number of anilines is 1. The molecular weight excluding hydrogens is 536 g/mol. The van der Waals surface area contributed by atoms with Gasteiger partial charge < -0.3 is 10.2 Å². The van der Waals surface area contributed by atoms with Crippen molar-refractivity contribution in [2.75, 3.05) is 31.5 Å². The molecule has 1 atom stereocenters. The van der Waals surface area contributed by atoms with Crippen molar-refractivity contribution in [1.82, 2.24) is 14.5 Å². The molecule has 0 bridgehead atoms. The molecule has 0 aliphatic carbocycles. The van der Waals surface area contributed by atoms with Crippen LogP contribution in [0.4, 0.5) is 5.69 Å². The van der Waals surface area contributed by atoms with Gasteiger partial charge in [-0.05, 0) is 55.5 Å². The highest BCUT2D eigenvalue weighted by atomic mass is 32.2. The van der Waals surface area contributed by atoms with Crippen LogP contribution >= 0.6 is 0 Å². The minimum Gasteiger partial charge on any atom is -0.354 e. The number of nitrogens with zero attached hydrogens (tertiary/aromatic N) is 3. The van der Waals surface area contributed by atoms with Crippen LogP contribution in [0.5, 0.6) is 0 Å². The molecule has 0 aromatic heterocycles. The van der Waals surface area contributed by atoms with Gasteiger partial charge in [0.1, 0.15) is 12.6 Å². The van der Waals surface area contributed by atoms with Crippen molar-refractivity contribution in [1.29, 1.82) is 0 Å². The summed E-state index contributed by atoms with van der Waals surface area (Å²) in [5, 5.41) is 2.96. The average molecular weight is 579 g/mol. The molecule has 0 saturated heterocycles. The fourth-order valence-electron chi connectivity index (χ4n) is 4.50. The van der Waals surface area contributed by atoms with Crippen LogP contribution in [-0.2, 0) is 32.8 Å². The zero-order chi connectivity index (χ0) is 30.2. The van der Waals surface area contributed by atoms with Crippen molar-refractivity contribution in [3.63, 3.8) is 0 Å². The molecule has 0 heterocycles. The highest BCUT2D eigenvalue weighted by Gasteiger charge is 2.35. The van der Waals surface area contributed by atoms with Crippen LogP contribution in [0.2, 0.25) is 0 Å². The van der Waals surface area contributed by atoms with E-state index in [1.54, 1.807) is 6.07 Å². The Morgan fingerprint density at radius 2 is 1.49 bits per heavy atom. The van der Waals surface area contributed by atoms with E-state index in [1.165, 1.54) is 19.0 Å². The highest BCUT2D eigenvalue weighted by molar-refractivity contribution is 7.90. The number of hydrogen-bond acceptors (Lipinski definition) is 4. The molecule has 0 spiro atoms. The van der Waals surface area contributed by atoms with Gasteiger partial charge in [0.05, 0.1) is 5.69 Å². The zero-order valence-electron chi connectivity index (χ0n) is 24.9. The van der Waals surface area contributed by atoms with Crippen molar-refractivity contribution in [2.24, 2.45) is 0 Å². The Balaban J connectivity index is 2.11. The fourth-order valence-corrected chi connectivity index (χ4v) is 5.61. The average Bonchev–Trinajstić information content (AvgIpc) is 2.95. The predicted octanol–water partition coefficient (Wildman–Crippen LogP) is 4.39. The smallest absolute Gasteiger partial charge is 0.304 e. The van der Waals surface area contributed by atoms with Crippen molar-refractivity contribution in [3.8, 4) is 0 Å². The third kappa shape index (κ3) is 8.41. The van der Waals surface area contributed by atoms with Crippen LogP contribution in [0.3, 0.4) is 0 Å². The van der Waals surface area contributed by atoms with Crippen molar-refractivity contribution < 1.29 is 18.0 Å². The van der Waals surface area contributed by atoms with E-state index in [-0.39, 0.29) is 18.9 Å². The van der Waals surface area contributed by atoms with Gasteiger partial charge in [0.25, 0.3) is 0 Å². The van der Waals surface area contributed by atoms with E-state index in [0.29, 0.717) is 12.2 Å². The normalized spacial score (nSPS) is 12.2. The Kier molecular flexibility index (Phi) is 11.1. The van der Waals surface area contributed by atoms with Crippen LogP contribution in [0, 0.1) is 20.8 Å². The molecule has 1 N–H and O–H groups in total. The number of carbonyl (C=O) groups excluding carboxylic acids is 2. The molecule has 2 amide bonds. The summed E-state index contributed by atoms with van der Waals surface area (Å²) in [4.78, 5) is 29.4. The first-order chi connectivity index (χ1) is 19.4. The monoisotopic (exact) mass is 578 g/mol. The lowest BCUT2D eigenvalue weighted by atomic mass is 10.0. The third-order valence-corrected chi connectivity index (χ3v) is 8.75. The molecule has 9 heteroatoms. The van der Waals surface area contributed by atoms with E-state index < -0.39 is 28.7 Å². The molecule has 3 aromatic carbocycles. The lowest BCUT2D eigenvalue weighted by Gasteiger charge is -2.35. The van der Waals surface area contributed by atoms with E-state index >= 15 is 0 Å². The Morgan fingerprint density at radius 3 is 2.10 bits per heavy atom. The Morgan fingerprint density at radius 1 is 0.854 bits per heavy atom. The number of aryl methyl sites for hydroxylation is 3. The molecule has 41 heavy (non-hydrogen) atoms. The van der Waals surface area contributed by atoms with Crippen LogP contribution in [0.1, 0.15) is 41.2 Å². The summed E-state index contributed by atoms with van der Waals surface area (Å²) < 4.78 is 29.4. The Hall–Kier alpha value is -3.69. The molecule has 0 saturated carbocycles. The molecule has 0 radical (unpaired) electrons. The first-order valence-electron chi connectivity index (χ1n) is 13.9. The number of rotatable bonds is 13. The largest absolute Gasteiger partial charge is 0.354 e. The molecule has 0 aliphatic heterocycles. The number of amides is 2. The van der Waals surface area contributed by atoms with E-state index in [9.17, 15) is 18.0 Å². The topological polar surface area (TPSA) is 90.0 Å². The third-order valence-electron chi connectivity index (χ3n) is 6.95. The van der Waals surface area contributed by atoms with Crippen LogP contribution < -0.4 is 9.62 Å². The summed E-state index contributed by atoms with van der Waals surface area (Å²) >= 11 is 0. The highest BCUT2D eigenvalue weighted by Crippen LogP contribution is 2.26. The summed E-state index contributed by atoms with van der Waals surface area (Å²) in [6, 6.07) is 22.0. The summed E-state index contributed by atoms with van der Waals surface area (Å²) in [5.74, 6) is -0.741. The Bertz CT molecular complexity index is 1420.